The molecule has 2 aromatic carbocycles. The van der Waals surface area contributed by atoms with Crippen LogP contribution in [0.3, 0.4) is 0 Å². The molecule has 0 aliphatic carbocycles. The molecule has 6 nitrogen and oxygen atoms in total. The van der Waals surface area contributed by atoms with Crippen LogP contribution < -0.4 is 4.74 Å². The van der Waals surface area contributed by atoms with E-state index in [1.54, 1.807) is 31.4 Å². The summed E-state index contributed by atoms with van der Waals surface area (Å²) in [5.41, 5.74) is 1.62. The molecule has 7 heteroatoms. The summed E-state index contributed by atoms with van der Waals surface area (Å²) in [4.78, 5) is 28.0. The van der Waals surface area contributed by atoms with Crippen molar-refractivity contribution in [3.8, 4) is 5.75 Å². The van der Waals surface area contributed by atoms with Gasteiger partial charge >= 0.3 is 5.97 Å². The lowest BCUT2D eigenvalue weighted by Crippen LogP contribution is -2.14. The Hall–Kier alpha value is -3.12. The van der Waals surface area contributed by atoms with E-state index in [-0.39, 0.29) is 30.1 Å². The monoisotopic (exact) mass is 413 g/mol. The molecule has 0 saturated heterocycles. The van der Waals surface area contributed by atoms with Gasteiger partial charge in [-0.3, -0.25) is 4.79 Å². The highest BCUT2D eigenvalue weighted by Crippen LogP contribution is 2.29. The SMILES string of the molecule is COc1ccc(C[C@H](CC(=O)Cc2ccc(Cl)cc2)c2ocnc2C(=O)O)cc1. The van der Waals surface area contributed by atoms with E-state index in [4.69, 9.17) is 20.8 Å². The van der Waals surface area contributed by atoms with Gasteiger partial charge in [0.05, 0.1) is 7.11 Å². The number of benzene rings is 2. The van der Waals surface area contributed by atoms with Gasteiger partial charge in [0.1, 0.15) is 17.3 Å². The van der Waals surface area contributed by atoms with Crippen molar-refractivity contribution < 1.29 is 23.8 Å². The minimum absolute atomic E-state index is 0.0291. The number of hydrogen-bond acceptors (Lipinski definition) is 5. The van der Waals surface area contributed by atoms with Crippen molar-refractivity contribution in [1.29, 1.82) is 0 Å². The first-order valence-electron chi connectivity index (χ1n) is 9.02. The molecule has 0 aliphatic rings. The fourth-order valence-corrected chi connectivity index (χ4v) is 3.31. The molecule has 0 aliphatic heterocycles. The van der Waals surface area contributed by atoms with Crippen LogP contribution in [0.25, 0.3) is 0 Å². The quantitative estimate of drug-likeness (QED) is 0.553. The smallest absolute Gasteiger partial charge is 0.358 e. The molecule has 3 rings (SSSR count). The average Bonchev–Trinajstić information content (AvgIpc) is 3.20. The van der Waals surface area contributed by atoms with Gasteiger partial charge in [0.25, 0.3) is 0 Å². The van der Waals surface area contributed by atoms with Gasteiger partial charge in [0.15, 0.2) is 12.1 Å². The van der Waals surface area contributed by atoms with Crippen molar-refractivity contribution in [2.45, 2.75) is 25.2 Å². The van der Waals surface area contributed by atoms with Crippen LogP contribution in [0.15, 0.2) is 59.3 Å². The first kappa shape index (κ1) is 20.6. The van der Waals surface area contributed by atoms with Crippen molar-refractivity contribution >= 4 is 23.4 Å². The van der Waals surface area contributed by atoms with Crippen molar-refractivity contribution in [3.63, 3.8) is 0 Å². The highest BCUT2D eigenvalue weighted by molar-refractivity contribution is 6.30. The lowest BCUT2D eigenvalue weighted by Gasteiger charge is -2.15. The van der Waals surface area contributed by atoms with Crippen LogP contribution in [-0.4, -0.2) is 29.0 Å². The summed E-state index contributed by atoms with van der Waals surface area (Å²) in [5.74, 6) is -0.734. The molecule has 1 N–H and O–H groups in total. The normalized spacial score (nSPS) is 11.8. The van der Waals surface area contributed by atoms with Crippen molar-refractivity contribution in [3.05, 3.63) is 82.5 Å². The van der Waals surface area contributed by atoms with Crippen LogP contribution in [0.5, 0.6) is 5.75 Å². The van der Waals surface area contributed by atoms with E-state index in [0.717, 1.165) is 23.3 Å². The van der Waals surface area contributed by atoms with E-state index in [2.05, 4.69) is 4.98 Å². The zero-order chi connectivity index (χ0) is 20.8. The molecular formula is C22H20ClNO5. The van der Waals surface area contributed by atoms with Gasteiger partial charge in [0.2, 0.25) is 0 Å². The number of ketones is 1. The standard InChI is InChI=1S/C22H20ClNO5/c1-28-19-8-4-14(5-9-19)10-16(21-20(22(26)27)24-13-29-21)12-18(25)11-15-2-6-17(23)7-3-15/h2-9,13,16H,10-12H2,1H3,(H,26,27)/t16-/m1/s1. The third-order valence-corrected chi connectivity index (χ3v) is 4.85. The predicted molar refractivity (Wildman–Crippen MR) is 108 cm³/mol. The zero-order valence-electron chi connectivity index (χ0n) is 15.8. The highest BCUT2D eigenvalue weighted by atomic mass is 35.5. The molecule has 0 radical (unpaired) electrons. The number of rotatable bonds is 9. The Kier molecular flexibility index (Phi) is 6.67. The van der Waals surface area contributed by atoms with Gasteiger partial charge in [-0.1, -0.05) is 35.9 Å². The van der Waals surface area contributed by atoms with Crippen LogP contribution in [0.2, 0.25) is 5.02 Å². The Morgan fingerprint density at radius 3 is 2.38 bits per heavy atom. The van der Waals surface area contributed by atoms with Crippen LogP contribution in [0.4, 0.5) is 0 Å². The number of carboxylic acids is 1. The van der Waals surface area contributed by atoms with Gasteiger partial charge in [-0.05, 0) is 41.8 Å². The van der Waals surface area contributed by atoms with Crippen molar-refractivity contribution in [2.24, 2.45) is 0 Å². The van der Waals surface area contributed by atoms with Gasteiger partial charge in [-0.2, -0.15) is 0 Å². The molecule has 150 valence electrons. The predicted octanol–water partition coefficient (Wildman–Crippen LogP) is 4.56. The minimum atomic E-state index is -1.18. The Morgan fingerprint density at radius 1 is 1.10 bits per heavy atom. The molecule has 1 heterocycles. The summed E-state index contributed by atoms with van der Waals surface area (Å²) >= 11 is 5.89. The number of nitrogens with zero attached hydrogens (tertiary/aromatic N) is 1. The summed E-state index contributed by atoms with van der Waals surface area (Å²) in [6.07, 6.45) is 1.90. The average molecular weight is 414 g/mol. The van der Waals surface area contributed by atoms with Crippen LogP contribution in [-0.2, 0) is 17.6 Å². The molecule has 0 amide bonds. The lowest BCUT2D eigenvalue weighted by atomic mass is 9.89. The molecule has 0 unspecified atom stereocenters. The Morgan fingerprint density at radius 2 is 1.76 bits per heavy atom. The van der Waals surface area contributed by atoms with Gasteiger partial charge in [-0.15, -0.1) is 0 Å². The van der Waals surface area contributed by atoms with E-state index < -0.39 is 11.9 Å². The maximum absolute atomic E-state index is 12.7. The fraction of sp³-hybridized carbons (Fsp3) is 0.227. The Labute approximate surface area is 173 Å². The topological polar surface area (TPSA) is 89.6 Å². The Bertz CT molecular complexity index is 979. The van der Waals surface area contributed by atoms with Crippen LogP contribution in [0, 0.1) is 0 Å². The summed E-state index contributed by atoms with van der Waals surface area (Å²) in [7, 11) is 1.58. The largest absolute Gasteiger partial charge is 0.497 e. The van der Waals surface area contributed by atoms with Crippen molar-refractivity contribution in [1.82, 2.24) is 4.98 Å². The number of Topliss-reactive ketones (excluding diaryl/α,β-unsaturated/α-hetero) is 1. The molecule has 0 spiro atoms. The maximum Gasteiger partial charge on any atom is 0.358 e. The number of carboxylic acid groups (broad SMARTS) is 1. The van der Waals surface area contributed by atoms with E-state index >= 15 is 0 Å². The number of halogens is 1. The van der Waals surface area contributed by atoms with Crippen LogP contribution in [0.1, 0.15) is 39.7 Å². The molecule has 0 fully saturated rings. The third kappa shape index (κ3) is 5.45. The van der Waals surface area contributed by atoms with E-state index in [0.29, 0.717) is 11.4 Å². The second-order valence-corrected chi connectivity index (χ2v) is 7.10. The first-order valence-corrected chi connectivity index (χ1v) is 9.39. The molecule has 1 aromatic heterocycles. The van der Waals surface area contributed by atoms with E-state index in [1.165, 1.54) is 0 Å². The van der Waals surface area contributed by atoms with Crippen LogP contribution >= 0.6 is 11.6 Å². The second-order valence-electron chi connectivity index (χ2n) is 6.67. The molecule has 29 heavy (non-hydrogen) atoms. The number of oxazole rings is 1. The first-order chi connectivity index (χ1) is 14.0. The number of methoxy groups -OCH3 is 1. The highest BCUT2D eigenvalue weighted by Gasteiger charge is 2.27. The third-order valence-electron chi connectivity index (χ3n) is 4.60. The fourth-order valence-electron chi connectivity index (χ4n) is 3.19. The molecule has 1 atom stereocenters. The number of hydrogen-bond donors (Lipinski definition) is 1. The number of carbonyl (C=O) groups is 2. The molecular weight excluding hydrogens is 394 g/mol. The molecule has 0 saturated carbocycles. The second kappa shape index (κ2) is 9.39. The zero-order valence-corrected chi connectivity index (χ0v) is 16.6. The summed E-state index contributed by atoms with van der Waals surface area (Å²) in [6.45, 7) is 0. The summed E-state index contributed by atoms with van der Waals surface area (Å²) in [5, 5.41) is 10.00. The lowest BCUT2D eigenvalue weighted by molar-refractivity contribution is -0.118. The molecule has 3 aromatic rings. The van der Waals surface area contributed by atoms with Gasteiger partial charge < -0.3 is 14.3 Å². The number of aromatic carboxylic acids is 1. The summed E-state index contributed by atoms with van der Waals surface area (Å²) < 4.78 is 10.6. The van der Waals surface area contributed by atoms with E-state index in [9.17, 15) is 14.7 Å². The van der Waals surface area contributed by atoms with Gasteiger partial charge in [0, 0.05) is 23.8 Å². The Balaban J connectivity index is 1.81. The van der Waals surface area contributed by atoms with Gasteiger partial charge in [-0.25, -0.2) is 9.78 Å². The minimum Gasteiger partial charge on any atom is -0.497 e. The number of aromatic nitrogens is 1. The summed E-state index contributed by atoms with van der Waals surface area (Å²) in [6, 6.07) is 14.5. The van der Waals surface area contributed by atoms with E-state index in [1.807, 2.05) is 24.3 Å². The number of carbonyl (C=O) groups excluding carboxylic acids is 1. The van der Waals surface area contributed by atoms with Crippen molar-refractivity contribution in [2.75, 3.05) is 7.11 Å². The maximum atomic E-state index is 12.7. The number of ether oxygens (including phenoxy) is 1. The molecule has 0 bridgehead atoms.